The van der Waals surface area contributed by atoms with Gasteiger partial charge < -0.3 is 5.32 Å². The molecule has 0 aliphatic heterocycles. The summed E-state index contributed by atoms with van der Waals surface area (Å²) in [7, 11) is 0. The molecule has 4 nitrogen and oxygen atoms in total. The summed E-state index contributed by atoms with van der Waals surface area (Å²) in [5, 5.41) is 6.33. The Morgan fingerprint density at radius 2 is 2.15 bits per heavy atom. The van der Waals surface area contributed by atoms with Crippen LogP contribution in [0, 0.1) is 5.92 Å². The van der Waals surface area contributed by atoms with Gasteiger partial charge in [-0.2, -0.15) is 0 Å². The largest absolute Gasteiger partial charge is 0.433 e. The highest BCUT2D eigenvalue weighted by molar-refractivity contribution is 5.86. The van der Waals surface area contributed by atoms with E-state index in [1.54, 1.807) is 0 Å². The zero-order valence-electron chi connectivity index (χ0n) is 8.33. The molecule has 0 radical (unpaired) electrons. The van der Waals surface area contributed by atoms with Crippen molar-refractivity contribution in [2.75, 3.05) is 0 Å². The van der Waals surface area contributed by atoms with Gasteiger partial charge in [0.25, 0.3) is 0 Å². The highest BCUT2D eigenvalue weighted by Gasteiger charge is 2.25. The van der Waals surface area contributed by atoms with E-state index in [0.717, 1.165) is 5.71 Å². The van der Waals surface area contributed by atoms with Crippen LogP contribution in [0.3, 0.4) is 0 Å². The summed E-state index contributed by atoms with van der Waals surface area (Å²) in [6.45, 7) is 5.64. The van der Waals surface area contributed by atoms with Crippen molar-refractivity contribution >= 4 is 11.8 Å². The summed E-state index contributed by atoms with van der Waals surface area (Å²) < 4.78 is 0. The van der Waals surface area contributed by atoms with E-state index in [4.69, 9.17) is 0 Å². The number of nitrogens with zero attached hydrogens (tertiary/aromatic N) is 1. The minimum atomic E-state index is -0.477. The van der Waals surface area contributed by atoms with Crippen LogP contribution in [-0.2, 0) is 4.84 Å². The van der Waals surface area contributed by atoms with Crippen LogP contribution < -0.4 is 5.32 Å². The van der Waals surface area contributed by atoms with Crippen molar-refractivity contribution in [3.63, 3.8) is 0 Å². The molecule has 4 heteroatoms. The summed E-state index contributed by atoms with van der Waals surface area (Å²) in [6, 6.07) is 0.0870. The molecule has 1 N–H and O–H groups in total. The molecule has 1 amide bonds. The van der Waals surface area contributed by atoms with Crippen molar-refractivity contribution in [3.05, 3.63) is 0 Å². The lowest BCUT2D eigenvalue weighted by Gasteiger charge is -2.05. The zero-order chi connectivity index (χ0) is 9.84. The molecule has 0 unspecified atom stereocenters. The Kier molecular flexibility index (Phi) is 3.28. The number of carbonyl (C=O) groups is 1. The highest BCUT2D eigenvalue weighted by Crippen LogP contribution is 2.30. The molecule has 0 bridgehead atoms. The zero-order valence-corrected chi connectivity index (χ0v) is 8.33. The fraction of sp³-hybridized carbons (Fsp3) is 0.778. The molecular formula is C9H16N2O2. The number of hydrogen-bond acceptors (Lipinski definition) is 3. The lowest BCUT2D eigenvalue weighted by molar-refractivity contribution is 0.147. The number of rotatable bonds is 3. The van der Waals surface area contributed by atoms with Crippen LogP contribution in [0.1, 0.15) is 33.6 Å². The first-order chi connectivity index (χ1) is 6.09. The Morgan fingerprint density at radius 3 is 2.62 bits per heavy atom. The molecule has 0 saturated heterocycles. The van der Waals surface area contributed by atoms with Crippen LogP contribution in [0.15, 0.2) is 5.16 Å². The Morgan fingerprint density at radius 1 is 1.54 bits per heavy atom. The molecule has 0 aromatic carbocycles. The molecule has 0 heterocycles. The van der Waals surface area contributed by atoms with E-state index in [1.165, 1.54) is 12.8 Å². The molecular weight excluding hydrogens is 168 g/mol. The van der Waals surface area contributed by atoms with Gasteiger partial charge in [0.15, 0.2) is 0 Å². The molecule has 1 aliphatic carbocycles. The van der Waals surface area contributed by atoms with Crippen LogP contribution in [0.5, 0.6) is 0 Å². The Hall–Kier alpha value is -1.06. The molecule has 1 fully saturated rings. The molecule has 74 valence electrons. The second-order valence-electron chi connectivity index (χ2n) is 3.68. The van der Waals surface area contributed by atoms with E-state index in [1.807, 2.05) is 20.8 Å². The van der Waals surface area contributed by atoms with Crippen molar-refractivity contribution in [1.82, 2.24) is 5.32 Å². The molecule has 1 rings (SSSR count). The normalized spacial score (nSPS) is 17.4. The van der Waals surface area contributed by atoms with E-state index >= 15 is 0 Å². The van der Waals surface area contributed by atoms with Crippen molar-refractivity contribution < 1.29 is 9.63 Å². The van der Waals surface area contributed by atoms with E-state index in [2.05, 4.69) is 15.3 Å². The molecule has 0 aromatic rings. The van der Waals surface area contributed by atoms with E-state index in [9.17, 15) is 4.79 Å². The molecule has 1 saturated carbocycles. The van der Waals surface area contributed by atoms with Crippen molar-refractivity contribution in [2.24, 2.45) is 11.1 Å². The van der Waals surface area contributed by atoms with Gasteiger partial charge in [-0.3, -0.25) is 4.84 Å². The summed E-state index contributed by atoms with van der Waals surface area (Å²) >= 11 is 0. The highest BCUT2D eigenvalue weighted by atomic mass is 16.7. The van der Waals surface area contributed by atoms with E-state index in [0.29, 0.717) is 5.92 Å². The average Bonchev–Trinajstić information content (AvgIpc) is 2.80. The summed E-state index contributed by atoms with van der Waals surface area (Å²) in [5.74, 6) is 0.548. The number of amides is 1. The molecule has 0 atom stereocenters. The number of oxime groups is 1. The minimum Gasteiger partial charge on any atom is -0.317 e. The second-order valence-corrected chi connectivity index (χ2v) is 3.68. The molecule has 0 aromatic heterocycles. The van der Waals surface area contributed by atoms with Gasteiger partial charge in [0.1, 0.15) is 0 Å². The van der Waals surface area contributed by atoms with Crippen LogP contribution >= 0.6 is 0 Å². The van der Waals surface area contributed by atoms with Gasteiger partial charge in [0, 0.05) is 12.0 Å². The van der Waals surface area contributed by atoms with Gasteiger partial charge in [0.2, 0.25) is 0 Å². The lowest BCUT2D eigenvalue weighted by Crippen LogP contribution is -2.29. The monoisotopic (exact) mass is 184 g/mol. The maximum atomic E-state index is 11.0. The molecule has 13 heavy (non-hydrogen) atoms. The number of nitrogens with one attached hydrogen (secondary N) is 1. The van der Waals surface area contributed by atoms with Gasteiger partial charge in [-0.05, 0) is 33.6 Å². The SMILES string of the molecule is C/C(=N\OC(=O)NC(C)C)C1CC1. The maximum Gasteiger partial charge on any atom is 0.433 e. The second kappa shape index (κ2) is 4.25. The maximum absolute atomic E-state index is 11.0. The fourth-order valence-electron chi connectivity index (χ4n) is 0.951. The van der Waals surface area contributed by atoms with Gasteiger partial charge in [0.05, 0.1) is 5.71 Å². The quantitative estimate of drug-likeness (QED) is 0.414. The Balaban J connectivity index is 2.23. The first-order valence-corrected chi connectivity index (χ1v) is 4.61. The molecule has 1 aliphatic rings. The van der Waals surface area contributed by atoms with Gasteiger partial charge >= 0.3 is 6.09 Å². The average molecular weight is 184 g/mol. The van der Waals surface area contributed by atoms with Gasteiger partial charge in [-0.15, -0.1) is 0 Å². The van der Waals surface area contributed by atoms with Crippen LogP contribution in [0.2, 0.25) is 0 Å². The fourth-order valence-corrected chi connectivity index (χ4v) is 0.951. The van der Waals surface area contributed by atoms with Crippen molar-refractivity contribution in [3.8, 4) is 0 Å². The Bertz CT molecular complexity index is 220. The number of carbonyl (C=O) groups excluding carboxylic acids is 1. The summed E-state index contributed by atoms with van der Waals surface area (Å²) in [5.41, 5.74) is 0.916. The van der Waals surface area contributed by atoms with Crippen molar-refractivity contribution in [2.45, 2.75) is 39.7 Å². The van der Waals surface area contributed by atoms with E-state index < -0.39 is 6.09 Å². The lowest BCUT2D eigenvalue weighted by atomic mass is 10.3. The number of hydrogen-bond donors (Lipinski definition) is 1. The third kappa shape index (κ3) is 3.92. The smallest absolute Gasteiger partial charge is 0.317 e. The Labute approximate surface area is 78.3 Å². The standard InChI is InChI=1S/C9H16N2O2/c1-6(2)10-9(12)13-11-7(3)8-4-5-8/h6,8H,4-5H2,1-3H3,(H,10,12)/b11-7+. The van der Waals surface area contributed by atoms with E-state index in [-0.39, 0.29) is 6.04 Å². The van der Waals surface area contributed by atoms with Crippen LogP contribution in [0.4, 0.5) is 4.79 Å². The van der Waals surface area contributed by atoms with Crippen molar-refractivity contribution in [1.29, 1.82) is 0 Å². The van der Waals surface area contributed by atoms with Gasteiger partial charge in [-0.25, -0.2) is 4.79 Å². The minimum absolute atomic E-state index is 0.0870. The van der Waals surface area contributed by atoms with Crippen LogP contribution in [0.25, 0.3) is 0 Å². The predicted octanol–water partition coefficient (Wildman–Crippen LogP) is 1.91. The third-order valence-corrected chi connectivity index (χ3v) is 1.85. The third-order valence-electron chi connectivity index (χ3n) is 1.85. The predicted molar refractivity (Wildman–Crippen MR) is 50.6 cm³/mol. The summed E-state index contributed by atoms with van der Waals surface area (Å²) in [6.07, 6.45) is 1.87. The first-order valence-electron chi connectivity index (χ1n) is 4.61. The first kappa shape index (κ1) is 10.0. The van der Waals surface area contributed by atoms with Crippen LogP contribution in [-0.4, -0.2) is 17.8 Å². The summed E-state index contributed by atoms with van der Waals surface area (Å²) in [4.78, 5) is 15.6. The molecule has 0 spiro atoms. The van der Waals surface area contributed by atoms with Gasteiger partial charge in [-0.1, -0.05) is 5.16 Å². The topological polar surface area (TPSA) is 50.7 Å².